The fourth-order valence-electron chi connectivity index (χ4n) is 3.48. The van der Waals surface area contributed by atoms with Crippen LogP contribution in [0.15, 0.2) is 18.2 Å². The fraction of sp³-hybridized carbons (Fsp3) is 0.667. The maximum absolute atomic E-state index is 6.04. The molecule has 3 atom stereocenters. The summed E-state index contributed by atoms with van der Waals surface area (Å²) in [5, 5.41) is 0. The van der Waals surface area contributed by atoms with Crippen LogP contribution in [0.25, 0.3) is 0 Å². The zero-order valence-electron chi connectivity index (χ0n) is 13.5. The Hall–Kier alpha value is -0.860. The topological polar surface area (TPSA) is 29.3 Å². The standard InChI is InChI=1S/C18H30N2/c1-5-16-8-9-20(18(11-16)12-19)15(4)17-7-6-13(2)14(3)10-17/h6-7,10,15-16,18H,5,8-9,11-12,19H2,1-4H3. The van der Waals surface area contributed by atoms with Gasteiger partial charge in [0.15, 0.2) is 0 Å². The summed E-state index contributed by atoms with van der Waals surface area (Å²) in [7, 11) is 0. The molecule has 20 heavy (non-hydrogen) atoms. The van der Waals surface area contributed by atoms with E-state index in [4.69, 9.17) is 5.73 Å². The lowest BCUT2D eigenvalue weighted by molar-refractivity contribution is 0.0772. The Morgan fingerprint density at radius 2 is 2.05 bits per heavy atom. The van der Waals surface area contributed by atoms with Gasteiger partial charge in [-0.2, -0.15) is 0 Å². The molecule has 2 nitrogen and oxygen atoms in total. The summed E-state index contributed by atoms with van der Waals surface area (Å²) in [5.74, 6) is 0.867. The largest absolute Gasteiger partial charge is 0.329 e. The molecule has 1 aromatic rings. The Bertz CT molecular complexity index is 441. The minimum Gasteiger partial charge on any atom is -0.329 e. The van der Waals surface area contributed by atoms with Crippen LogP contribution in [-0.4, -0.2) is 24.0 Å². The lowest BCUT2D eigenvalue weighted by Gasteiger charge is -2.42. The number of nitrogens with zero attached hydrogens (tertiary/aromatic N) is 1. The van der Waals surface area contributed by atoms with Gasteiger partial charge in [-0.3, -0.25) is 4.90 Å². The summed E-state index contributed by atoms with van der Waals surface area (Å²) in [6, 6.07) is 7.90. The van der Waals surface area contributed by atoms with Gasteiger partial charge in [-0.15, -0.1) is 0 Å². The van der Waals surface area contributed by atoms with Gasteiger partial charge in [0.25, 0.3) is 0 Å². The van der Waals surface area contributed by atoms with Crippen molar-refractivity contribution >= 4 is 0 Å². The molecule has 1 heterocycles. The third-order valence-electron chi connectivity index (χ3n) is 5.23. The number of hydrogen-bond donors (Lipinski definition) is 1. The first-order valence-corrected chi connectivity index (χ1v) is 8.09. The normalized spacial score (nSPS) is 25.6. The van der Waals surface area contributed by atoms with Crippen molar-refractivity contribution in [1.29, 1.82) is 0 Å². The van der Waals surface area contributed by atoms with Crippen molar-refractivity contribution in [2.45, 2.75) is 59.0 Å². The summed E-state index contributed by atoms with van der Waals surface area (Å²) in [6.45, 7) is 11.0. The lowest BCUT2D eigenvalue weighted by atomic mass is 9.87. The van der Waals surface area contributed by atoms with Gasteiger partial charge >= 0.3 is 0 Å². The second kappa shape index (κ2) is 6.73. The molecule has 1 aliphatic heterocycles. The van der Waals surface area contributed by atoms with E-state index >= 15 is 0 Å². The smallest absolute Gasteiger partial charge is 0.0323 e. The van der Waals surface area contributed by atoms with E-state index in [1.807, 2.05) is 0 Å². The van der Waals surface area contributed by atoms with E-state index in [-0.39, 0.29) is 0 Å². The van der Waals surface area contributed by atoms with E-state index in [0.717, 1.165) is 12.5 Å². The van der Waals surface area contributed by atoms with E-state index in [9.17, 15) is 0 Å². The Morgan fingerprint density at radius 3 is 2.65 bits per heavy atom. The van der Waals surface area contributed by atoms with Crippen molar-refractivity contribution < 1.29 is 0 Å². The number of piperidine rings is 1. The second-order valence-electron chi connectivity index (χ2n) is 6.45. The van der Waals surface area contributed by atoms with Crippen LogP contribution < -0.4 is 5.73 Å². The quantitative estimate of drug-likeness (QED) is 0.904. The highest BCUT2D eigenvalue weighted by atomic mass is 15.2. The zero-order valence-corrected chi connectivity index (χ0v) is 13.5. The van der Waals surface area contributed by atoms with Crippen LogP contribution in [0, 0.1) is 19.8 Å². The van der Waals surface area contributed by atoms with Crippen molar-refractivity contribution in [3.8, 4) is 0 Å². The third-order valence-corrected chi connectivity index (χ3v) is 5.23. The van der Waals surface area contributed by atoms with Gasteiger partial charge in [-0.25, -0.2) is 0 Å². The molecule has 0 amide bonds. The monoisotopic (exact) mass is 274 g/mol. The van der Waals surface area contributed by atoms with Gasteiger partial charge in [0.1, 0.15) is 0 Å². The summed E-state index contributed by atoms with van der Waals surface area (Å²) in [4.78, 5) is 2.62. The second-order valence-corrected chi connectivity index (χ2v) is 6.45. The van der Waals surface area contributed by atoms with Crippen LogP contribution in [0.3, 0.4) is 0 Å². The van der Waals surface area contributed by atoms with Gasteiger partial charge in [0, 0.05) is 18.6 Å². The molecule has 3 unspecified atom stereocenters. The summed E-state index contributed by atoms with van der Waals surface area (Å²) >= 11 is 0. The van der Waals surface area contributed by atoms with E-state index in [1.165, 1.54) is 42.5 Å². The van der Waals surface area contributed by atoms with Crippen molar-refractivity contribution in [1.82, 2.24) is 4.90 Å². The molecule has 0 saturated carbocycles. The summed E-state index contributed by atoms with van der Waals surface area (Å²) in [6.07, 6.45) is 3.88. The molecule has 1 saturated heterocycles. The van der Waals surface area contributed by atoms with Crippen molar-refractivity contribution in [3.05, 3.63) is 34.9 Å². The molecule has 2 rings (SSSR count). The molecule has 2 heteroatoms. The third kappa shape index (κ3) is 3.24. The molecule has 1 fully saturated rings. The Labute approximate surface area is 124 Å². The van der Waals surface area contributed by atoms with Gasteiger partial charge in [0.05, 0.1) is 0 Å². The van der Waals surface area contributed by atoms with Crippen molar-refractivity contribution in [3.63, 3.8) is 0 Å². The molecule has 0 aromatic heterocycles. The maximum atomic E-state index is 6.04. The molecule has 112 valence electrons. The first-order chi connectivity index (χ1) is 9.56. The van der Waals surface area contributed by atoms with Crippen LogP contribution in [-0.2, 0) is 0 Å². The van der Waals surface area contributed by atoms with E-state index in [0.29, 0.717) is 12.1 Å². The van der Waals surface area contributed by atoms with Crippen LogP contribution in [0.2, 0.25) is 0 Å². The molecule has 1 aliphatic rings. The summed E-state index contributed by atoms with van der Waals surface area (Å²) < 4.78 is 0. The molecule has 0 aliphatic carbocycles. The molecule has 0 spiro atoms. The minimum atomic E-state index is 0.473. The number of hydrogen-bond acceptors (Lipinski definition) is 2. The minimum absolute atomic E-state index is 0.473. The Kier molecular flexibility index (Phi) is 5.22. The van der Waals surface area contributed by atoms with E-state index in [2.05, 4.69) is 50.8 Å². The zero-order chi connectivity index (χ0) is 14.7. The summed E-state index contributed by atoms with van der Waals surface area (Å²) in [5.41, 5.74) is 10.2. The SMILES string of the molecule is CCC1CCN(C(C)c2ccc(C)c(C)c2)C(CN)C1. The average Bonchev–Trinajstić information content (AvgIpc) is 2.48. The highest BCUT2D eigenvalue weighted by Crippen LogP contribution is 2.32. The highest BCUT2D eigenvalue weighted by molar-refractivity contribution is 5.31. The van der Waals surface area contributed by atoms with Crippen LogP contribution in [0.1, 0.15) is 55.8 Å². The van der Waals surface area contributed by atoms with Crippen molar-refractivity contribution in [2.24, 2.45) is 11.7 Å². The van der Waals surface area contributed by atoms with Gasteiger partial charge in [-0.1, -0.05) is 31.5 Å². The van der Waals surface area contributed by atoms with E-state index in [1.54, 1.807) is 0 Å². The predicted molar refractivity (Wildman–Crippen MR) is 86.9 cm³/mol. The first kappa shape index (κ1) is 15.5. The number of nitrogens with two attached hydrogens (primary N) is 1. The van der Waals surface area contributed by atoms with E-state index < -0.39 is 0 Å². The molecule has 1 aromatic carbocycles. The number of benzene rings is 1. The molecule has 0 bridgehead atoms. The average molecular weight is 274 g/mol. The van der Waals surface area contributed by atoms with Crippen LogP contribution >= 0.6 is 0 Å². The van der Waals surface area contributed by atoms with Crippen molar-refractivity contribution in [2.75, 3.05) is 13.1 Å². The van der Waals surface area contributed by atoms with Crippen LogP contribution in [0.5, 0.6) is 0 Å². The maximum Gasteiger partial charge on any atom is 0.0323 e. The molecule has 0 radical (unpaired) electrons. The lowest BCUT2D eigenvalue weighted by Crippen LogP contribution is -2.47. The number of likely N-dealkylation sites (tertiary alicyclic amines) is 1. The fourth-order valence-corrected chi connectivity index (χ4v) is 3.48. The van der Waals surface area contributed by atoms with Gasteiger partial charge in [-0.05, 0) is 62.8 Å². The van der Waals surface area contributed by atoms with Gasteiger partial charge < -0.3 is 5.73 Å². The Balaban J connectivity index is 2.14. The molecular weight excluding hydrogens is 244 g/mol. The number of rotatable bonds is 4. The van der Waals surface area contributed by atoms with Crippen LogP contribution in [0.4, 0.5) is 0 Å². The number of aryl methyl sites for hydroxylation is 2. The molecular formula is C18H30N2. The first-order valence-electron chi connectivity index (χ1n) is 8.09. The molecule has 2 N–H and O–H groups in total. The highest BCUT2D eigenvalue weighted by Gasteiger charge is 2.30. The predicted octanol–water partition coefficient (Wildman–Crippen LogP) is 3.81. The van der Waals surface area contributed by atoms with Gasteiger partial charge in [0.2, 0.25) is 0 Å². The Morgan fingerprint density at radius 1 is 1.30 bits per heavy atom.